The van der Waals surface area contributed by atoms with Crippen LogP contribution in [0.4, 0.5) is 20.4 Å². The van der Waals surface area contributed by atoms with Crippen molar-refractivity contribution in [3.05, 3.63) is 97.0 Å². The Morgan fingerprint density at radius 3 is 2.26 bits per heavy atom. The number of aldehydes is 1. The summed E-state index contributed by atoms with van der Waals surface area (Å²) < 4.78 is 44.7. The van der Waals surface area contributed by atoms with Crippen LogP contribution in [0.15, 0.2) is 85.9 Å². The van der Waals surface area contributed by atoms with Crippen molar-refractivity contribution in [2.75, 3.05) is 91.3 Å². The predicted octanol–water partition coefficient (Wildman–Crippen LogP) is 6.56. The molecule has 58 heavy (non-hydrogen) atoms. The normalized spacial score (nSPS) is 17.6. The molecule has 0 amide bonds. The van der Waals surface area contributed by atoms with Crippen LogP contribution in [0.5, 0.6) is 5.75 Å². The van der Waals surface area contributed by atoms with Crippen molar-refractivity contribution in [3.63, 3.8) is 0 Å². The summed E-state index contributed by atoms with van der Waals surface area (Å²) in [7, 11) is 8.55. The second kappa shape index (κ2) is 24.5. The molecule has 5 rings (SSSR count). The molecule has 2 aromatic rings. The number of benzene rings is 1. The Kier molecular flexibility index (Phi) is 20.2. The van der Waals surface area contributed by atoms with E-state index >= 15 is 0 Å². The Balaban J connectivity index is 0.00000172. The molecule has 0 saturated carbocycles. The van der Waals surface area contributed by atoms with E-state index in [-0.39, 0.29) is 11.8 Å². The molecule has 4 heterocycles. The van der Waals surface area contributed by atoms with Crippen LogP contribution in [0.3, 0.4) is 0 Å². The monoisotopic (exact) mass is 825 g/mol. The number of alkyl halides is 2. The van der Waals surface area contributed by atoms with Crippen molar-refractivity contribution >= 4 is 34.6 Å². The highest BCUT2D eigenvalue weighted by Gasteiger charge is 2.28. The van der Waals surface area contributed by atoms with Crippen LogP contribution >= 0.6 is 0 Å². The fourth-order valence-corrected chi connectivity index (χ4v) is 8.41. The number of anilines is 2. The Morgan fingerprint density at radius 2 is 1.67 bits per heavy atom. The summed E-state index contributed by atoms with van der Waals surface area (Å²) >= 11 is 0. The number of allylic oxidation sites excluding steroid dienone is 2. The second-order valence-electron chi connectivity index (χ2n) is 14.9. The zero-order valence-corrected chi connectivity index (χ0v) is 36.2. The molecule has 0 aliphatic carbocycles. The molecule has 15 heteroatoms. The number of hydrogen-bond donors (Lipinski definition) is 2. The van der Waals surface area contributed by atoms with E-state index in [9.17, 15) is 17.8 Å². The van der Waals surface area contributed by atoms with Crippen molar-refractivity contribution in [3.8, 4) is 5.75 Å². The average Bonchev–Trinajstić information content (AvgIpc) is 3.22. The lowest BCUT2D eigenvalue weighted by molar-refractivity contribution is -0.108. The predicted molar refractivity (Wildman–Crippen MR) is 235 cm³/mol. The molecule has 1 aromatic heterocycles. The van der Waals surface area contributed by atoms with Gasteiger partial charge in [-0.3, -0.25) is 0 Å². The van der Waals surface area contributed by atoms with Gasteiger partial charge in [0.2, 0.25) is 5.95 Å². The number of likely N-dealkylation sites (tertiary alicyclic amines) is 1. The van der Waals surface area contributed by atoms with Gasteiger partial charge in [-0.05, 0) is 88.5 Å². The Morgan fingerprint density at radius 1 is 1.03 bits per heavy atom. The highest BCUT2D eigenvalue weighted by molar-refractivity contribution is 7.86. The molecule has 2 fully saturated rings. The third-order valence-electron chi connectivity index (χ3n) is 10.2. The molecule has 2 N–H and O–H groups in total. The molecule has 0 spiro atoms. The molecule has 12 nitrogen and oxygen atoms in total. The molecule has 3 aliphatic rings. The number of hydrogen-bond acceptors (Lipinski definition) is 11. The van der Waals surface area contributed by atoms with Gasteiger partial charge in [0, 0.05) is 95.2 Å². The summed E-state index contributed by atoms with van der Waals surface area (Å²) in [6.07, 6.45) is 13.4. The zero-order chi connectivity index (χ0) is 42.8. The van der Waals surface area contributed by atoms with Crippen LogP contribution in [0.1, 0.15) is 56.1 Å². The van der Waals surface area contributed by atoms with Gasteiger partial charge in [-0.15, -0.1) is 13.2 Å². The molecule has 320 valence electrons. The van der Waals surface area contributed by atoms with Gasteiger partial charge in [-0.1, -0.05) is 32.2 Å². The Bertz CT molecular complexity index is 1690. The first-order valence-corrected chi connectivity index (χ1v) is 21.0. The molecule has 0 radical (unpaired) electrons. The number of ether oxygens (including phenoxy) is 1. The smallest absolute Gasteiger partial charge is 0.387 e. The number of halogens is 2. The van der Waals surface area contributed by atoms with Gasteiger partial charge in [0.25, 0.3) is 0 Å². The van der Waals surface area contributed by atoms with E-state index in [0.717, 1.165) is 85.7 Å². The quantitative estimate of drug-likeness (QED) is 0.134. The van der Waals surface area contributed by atoms with Gasteiger partial charge in [0.1, 0.15) is 17.3 Å². The first kappa shape index (κ1) is 47.9. The molecule has 2 atom stereocenters. The maximum absolute atomic E-state index is 13.6. The summed E-state index contributed by atoms with van der Waals surface area (Å²) in [5, 5.41) is 5.99. The van der Waals surface area contributed by atoms with Gasteiger partial charge >= 0.3 is 6.61 Å². The first-order chi connectivity index (χ1) is 27.8. The number of aromatic nitrogens is 2. The van der Waals surface area contributed by atoms with Crippen LogP contribution in [-0.2, 0) is 15.8 Å². The first-order valence-electron chi connectivity index (χ1n) is 19.8. The van der Waals surface area contributed by atoms with E-state index in [0.29, 0.717) is 43.8 Å². The van der Waals surface area contributed by atoms with Gasteiger partial charge in [-0.25, -0.2) is 18.5 Å². The Hall–Kier alpha value is -4.44. The van der Waals surface area contributed by atoms with Crippen molar-refractivity contribution in [2.24, 2.45) is 5.92 Å². The largest absolute Gasteiger partial charge is 0.432 e. The van der Waals surface area contributed by atoms with Crippen molar-refractivity contribution < 1.29 is 22.5 Å². The average molecular weight is 826 g/mol. The molecule has 3 aliphatic heterocycles. The van der Waals surface area contributed by atoms with Gasteiger partial charge in [0.15, 0.2) is 5.75 Å². The number of carbonyl (C=O) groups excluding carboxylic acids is 1. The summed E-state index contributed by atoms with van der Waals surface area (Å²) in [6.45, 7) is 19.7. The number of nitrogens with zero attached hydrogens (tertiary/aromatic N) is 7. The van der Waals surface area contributed by atoms with Crippen molar-refractivity contribution in [2.45, 2.75) is 57.6 Å². The third-order valence-corrected chi connectivity index (χ3v) is 11.6. The van der Waals surface area contributed by atoms with E-state index in [1.165, 1.54) is 18.0 Å². The highest BCUT2D eigenvalue weighted by atomic mass is 32.2. The fourth-order valence-electron chi connectivity index (χ4n) is 7.17. The standard InChI is InChI=1S/C39H54F2N8O3S.C2H7N.C2H4/c1-28(25-47-17-12-31(13-18-47)32-9-11-36(37(22-32)45(4)5)30(3)46(6)16-7-21-50)26-48-27-35(10-8-29(48)2)53(51)49-19-14-33(15-20-49)44-39-42-23-34(24-43-39)52-38(40)41;1-3-2;1-2/h8-11,21-24,27-28,31,33,38H,2-3,7,12-20,25-26H2,1,4-6H3,(H,42,43,44);3H,1-2H3;1-2H2. The minimum atomic E-state index is -2.92. The SMILES string of the molecule is C=C.C=C(c1ccc(C2CCN(CC(C)CN3C=C(S(=O)N4CCC(Nc5ncc(OC(F)F)cn5)CC4)C=CC3=C)CC2)cc1N(C)C)N(C)CCC=O.CNC. The molecule has 1 aromatic carbocycles. The minimum absolute atomic E-state index is 0.0811. The topological polar surface area (TPSA) is 109 Å². The summed E-state index contributed by atoms with van der Waals surface area (Å²) in [5.74, 6) is 1.14. The van der Waals surface area contributed by atoms with E-state index in [4.69, 9.17) is 0 Å². The van der Waals surface area contributed by atoms with Crippen LogP contribution < -0.4 is 20.3 Å². The highest BCUT2D eigenvalue weighted by Crippen LogP contribution is 2.35. The lowest BCUT2D eigenvalue weighted by atomic mass is 9.87. The maximum atomic E-state index is 13.6. The second-order valence-corrected chi connectivity index (χ2v) is 16.4. The Labute approximate surface area is 348 Å². The summed E-state index contributed by atoms with van der Waals surface area (Å²) in [5.41, 5.74) is 5.41. The number of nitrogens with one attached hydrogen (secondary N) is 2. The fraction of sp³-hybridized carbons (Fsp3) is 0.512. The van der Waals surface area contributed by atoms with Gasteiger partial charge in [0.05, 0.1) is 17.3 Å². The molecule has 0 bridgehead atoms. The molecular formula is C43H65F2N9O3S. The maximum Gasteiger partial charge on any atom is 0.387 e. The van der Waals surface area contributed by atoms with Gasteiger partial charge in [-0.2, -0.15) is 8.78 Å². The third kappa shape index (κ3) is 14.4. The van der Waals surface area contributed by atoms with Crippen molar-refractivity contribution in [1.29, 1.82) is 0 Å². The van der Waals surface area contributed by atoms with Crippen LogP contribution in [-0.4, -0.2) is 133 Å². The zero-order valence-electron chi connectivity index (χ0n) is 35.3. The van der Waals surface area contributed by atoms with Crippen LogP contribution in [0, 0.1) is 5.92 Å². The van der Waals surface area contributed by atoms with Gasteiger partial charge < -0.3 is 39.8 Å². The van der Waals surface area contributed by atoms with Crippen molar-refractivity contribution in [1.82, 2.24) is 34.3 Å². The molecular weight excluding hydrogens is 761 g/mol. The van der Waals surface area contributed by atoms with E-state index in [1.54, 1.807) is 0 Å². The molecule has 2 saturated heterocycles. The summed E-state index contributed by atoms with van der Waals surface area (Å²) in [4.78, 5) is 28.7. The molecule has 2 unspecified atom stereocenters. The number of piperidine rings is 2. The lowest BCUT2D eigenvalue weighted by Gasteiger charge is -2.36. The number of rotatable bonds is 17. The minimum Gasteiger partial charge on any atom is -0.432 e. The lowest BCUT2D eigenvalue weighted by Crippen LogP contribution is -2.41. The van der Waals surface area contributed by atoms with Crippen LogP contribution in [0.2, 0.25) is 0 Å². The van der Waals surface area contributed by atoms with E-state index in [1.807, 2.05) is 48.7 Å². The van der Waals surface area contributed by atoms with E-state index < -0.39 is 17.6 Å². The number of carbonyl (C=O) groups is 1. The summed E-state index contributed by atoms with van der Waals surface area (Å²) in [6, 6.07) is 6.83. The van der Waals surface area contributed by atoms with Crippen LogP contribution in [0.25, 0.3) is 5.70 Å². The van der Waals surface area contributed by atoms with E-state index in [2.05, 4.69) is 106 Å².